The molecule has 0 aromatic heterocycles. The fourth-order valence-electron chi connectivity index (χ4n) is 2.72. The van der Waals surface area contributed by atoms with Gasteiger partial charge in [-0.25, -0.2) is 14.1 Å². The van der Waals surface area contributed by atoms with Crippen LogP contribution in [0, 0.1) is 5.82 Å². The van der Waals surface area contributed by atoms with Crippen molar-refractivity contribution in [3.63, 3.8) is 0 Å². The summed E-state index contributed by atoms with van der Waals surface area (Å²) in [5.41, 5.74) is 1.35. The van der Waals surface area contributed by atoms with Gasteiger partial charge in [-0.05, 0) is 30.2 Å². The maximum Gasteiger partial charge on any atom is 0.334 e. The van der Waals surface area contributed by atoms with Gasteiger partial charge in [0.1, 0.15) is 12.4 Å². The molecule has 2 N–H and O–H groups in total. The van der Waals surface area contributed by atoms with E-state index >= 15 is 0 Å². The number of imide groups is 2. The molecule has 1 aromatic rings. The van der Waals surface area contributed by atoms with Crippen LogP contribution in [0.3, 0.4) is 0 Å². The number of anilines is 1. The Labute approximate surface area is 136 Å². The first-order chi connectivity index (χ1) is 11.4. The van der Waals surface area contributed by atoms with Crippen LogP contribution in [0.4, 0.5) is 14.9 Å². The Morgan fingerprint density at radius 2 is 2.04 bits per heavy atom. The predicted molar refractivity (Wildman–Crippen MR) is 80.3 cm³/mol. The molecular formula is C15H15FN4O4. The largest absolute Gasteiger partial charge is 0.334 e. The lowest BCUT2D eigenvalue weighted by atomic mass is 9.99. The summed E-state index contributed by atoms with van der Waals surface area (Å²) < 4.78 is 14.5. The molecule has 1 fully saturated rings. The number of carbonyl (C=O) groups is 4. The number of rotatable bonds is 3. The summed E-state index contributed by atoms with van der Waals surface area (Å²) in [6.07, 6.45) is 0.507. The smallest absolute Gasteiger partial charge is 0.322 e. The number of nitrogens with one attached hydrogen (secondary N) is 2. The van der Waals surface area contributed by atoms with Gasteiger partial charge in [0.15, 0.2) is 0 Å². The van der Waals surface area contributed by atoms with E-state index in [4.69, 9.17) is 0 Å². The highest BCUT2D eigenvalue weighted by Crippen LogP contribution is 2.24. The molecule has 0 atom stereocenters. The lowest BCUT2D eigenvalue weighted by Gasteiger charge is -2.20. The Morgan fingerprint density at radius 1 is 1.29 bits per heavy atom. The predicted octanol–water partition coefficient (Wildman–Crippen LogP) is -0.170. The van der Waals surface area contributed by atoms with Gasteiger partial charge in [0, 0.05) is 13.6 Å². The quantitative estimate of drug-likeness (QED) is 0.591. The third kappa shape index (κ3) is 2.62. The molecule has 5 amide bonds. The minimum atomic E-state index is -1.07. The van der Waals surface area contributed by atoms with Gasteiger partial charge in [-0.2, -0.15) is 0 Å². The zero-order valence-corrected chi connectivity index (χ0v) is 12.9. The van der Waals surface area contributed by atoms with Gasteiger partial charge in [-0.1, -0.05) is 6.07 Å². The summed E-state index contributed by atoms with van der Waals surface area (Å²) in [5, 5.41) is 5.47. The van der Waals surface area contributed by atoms with Crippen molar-refractivity contribution in [1.82, 2.24) is 15.1 Å². The fourth-order valence-corrected chi connectivity index (χ4v) is 2.72. The summed E-state index contributed by atoms with van der Waals surface area (Å²) in [6.45, 7) is 0.560. The van der Waals surface area contributed by atoms with E-state index < -0.39 is 36.1 Å². The van der Waals surface area contributed by atoms with Crippen molar-refractivity contribution >= 4 is 29.4 Å². The normalized spacial score (nSPS) is 17.3. The van der Waals surface area contributed by atoms with Gasteiger partial charge in [0.25, 0.3) is 0 Å². The van der Waals surface area contributed by atoms with Crippen LogP contribution < -0.4 is 10.6 Å². The fraction of sp³-hybridized carbons (Fsp3) is 0.333. The van der Waals surface area contributed by atoms with E-state index in [1.165, 1.54) is 6.07 Å². The lowest BCUT2D eigenvalue weighted by molar-refractivity contribution is -0.143. The van der Waals surface area contributed by atoms with Crippen molar-refractivity contribution in [2.75, 3.05) is 25.5 Å². The maximum absolute atomic E-state index is 14.5. The number of amides is 5. The van der Waals surface area contributed by atoms with Crippen LogP contribution in [0.2, 0.25) is 0 Å². The molecule has 2 heterocycles. The Hall–Kier alpha value is -2.81. The van der Waals surface area contributed by atoms with Crippen molar-refractivity contribution in [2.24, 2.45) is 0 Å². The molecule has 0 radical (unpaired) electrons. The lowest BCUT2D eigenvalue weighted by Crippen LogP contribution is -2.38. The molecule has 0 bridgehead atoms. The topological polar surface area (TPSA) is 98.8 Å². The second-order valence-corrected chi connectivity index (χ2v) is 5.58. The third-order valence-corrected chi connectivity index (χ3v) is 4.03. The molecule has 9 heteroatoms. The summed E-state index contributed by atoms with van der Waals surface area (Å²) >= 11 is 0. The van der Waals surface area contributed by atoms with E-state index in [1.54, 1.807) is 6.07 Å². The maximum atomic E-state index is 14.5. The van der Waals surface area contributed by atoms with E-state index in [2.05, 4.69) is 10.6 Å². The van der Waals surface area contributed by atoms with Crippen molar-refractivity contribution in [1.29, 1.82) is 0 Å². The highest BCUT2D eigenvalue weighted by Gasteiger charge is 2.43. The molecule has 1 saturated heterocycles. The molecule has 0 aliphatic carbocycles. The second-order valence-electron chi connectivity index (χ2n) is 5.58. The molecule has 0 spiro atoms. The zero-order chi connectivity index (χ0) is 17.4. The first-order valence-corrected chi connectivity index (χ1v) is 7.34. The highest BCUT2D eigenvalue weighted by molar-refractivity contribution is 6.44. The van der Waals surface area contributed by atoms with Crippen LogP contribution in [-0.2, 0) is 27.3 Å². The standard InChI is InChI=1S/C15H15FN4O4/c1-19-13(22)14(23)20(15(19)24)7-11(21)18-10-3-2-8-6-17-5-4-9(8)12(10)16/h2-3,17H,4-7H2,1H3,(H,18,21). The Kier molecular flexibility index (Phi) is 4.02. The molecule has 0 saturated carbocycles. The number of hydrogen-bond donors (Lipinski definition) is 2. The van der Waals surface area contributed by atoms with E-state index in [9.17, 15) is 23.6 Å². The van der Waals surface area contributed by atoms with Crippen molar-refractivity contribution in [3.8, 4) is 0 Å². The summed E-state index contributed by atoms with van der Waals surface area (Å²) in [5.74, 6) is -3.35. The second kappa shape index (κ2) is 6.00. The van der Waals surface area contributed by atoms with Gasteiger partial charge in [0.2, 0.25) is 5.91 Å². The molecule has 8 nitrogen and oxygen atoms in total. The zero-order valence-electron chi connectivity index (χ0n) is 12.9. The Bertz CT molecular complexity index is 764. The van der Waals surface area contributed by atoms with E-state index in [0.29, 0.717) is 34.9 Å². The SMILES string of the molecule is CN1C(=O)C(=O)N(CC(=O)Nc2ccc3c(c2F)CCNC3)C1=O. The van der Waals surface area contributed by atoms with Crippen LogP contribution in [0.1, 0.15) is 11.1 Å². The average Bonchev–Trinajstić information content (AvgIpc) is 2.75. The number of benzene rings is 1. The minimum Gasteiger partial charge on any atom is -0.322 e. The number of urea groups is 1. The van der Waals surface area contributed by atoms with Crippen LogP contribution in [0.5, 0.6) is 0 Å². The summed E-state index contributed by atoms with van der Waals surface area (Å²) in [6, 6.07) is 2.27. The number of nitrogens with zero attached hydrogens (tertiary/aromatic N) is 2. The van der Waals surface area contributed by atoms with Crippen LogP contribution >= 0.6 is 0 Å². The number of fused-ring (bicyclic) bond motifs is 1. The molecule has 2 aliphatic rings. The van der Waals surface area contributed by atoms with Crippen molar-refractivity contribution in [2.45, 2.75) is 13.0 Å². The van der Waals surface area contributed by atoms with E-state index in [-0.39, 0.29) is 5.69 Å². The van der Waals surface area contributed by atoms with Crippen LogP contribution in [0.15, 0.2) is 12.1 Å². The molecule has 24 heavy (non-hydrogen) atoms. The highest BCUT2D eigenvalue weighted by atomic mass is 19.1. The van der Waals surface area contributed by atoms with E-state index in [0.717, 1.165) is 12.6 Å². The van der Waals surface area contributed by atoms with E-state index in [1.807, 2.05) is 0 Å². The number of carbonyl (C=O) groups excluding carboxylic acids is 4. The third-order valence-electron chi connectivity index (χ3n) is 4.03. The molecule has 126 valence electrons. The molecule has 2 aliphatic heterocycles. The summed E-state index contributed by atoms with van der Waals surface area (Å²) in [4.78, 5) is 47.9. The average molecular weight is 334 g/mol. The molecular weight excluding hydrogens is 319 g/mol. The van der Waals surface area contributed by atoms with Gasteiger partial charge >= 0.3 is 17.8 Å². The number of likely N-dealkylation sites (N-methyl/N-ethyl adjacent to an activating group) is 1. The summed E-state index contributed by atoms with van der Waals surface area (Å²) in [7, 11) is 1.15. The minimum absolute atomic E-state index is 0.0144. The molecule has 3 rings (SSSR count). The van der Waals surface area contributed by atoms with Crippen LogP contribution in [0.25, 0.3) is 0 Å². The first-order valence-electron chi connectivity index (χ1n) is 7.34. The molecule has 0 unspecified atom stereocenters. The van der Waals surface area contributed by atoms with Gasteiger partial charge < -0.3 is 10.6 Å². The van der Waals surface area contributed by atoms with Crippen molar-refractivity contribution in [3.05, 3.63) is 29.1 Å². The first kappa shape index (κ1) is 16.1. The Balaban J connectivity index is 1.73. The van der Waals surface area contributed by atoms with Crippen LogP contribution in [-0.4, -0.2) is 53.7 Å². The number of halogens is 1. The Morgan fingerprint density at radius 3 is 2.71 bits per heavy atom. The number of hydrogen-bond acceptors (Lipinski definition) is 5. The van der Waals surface area contributed by atoms with Gasteiger partial charge in [-0.3, -0.25) is 19.3 Å². The van der Waals surface area contributed by atoms with Gasteiger partial charge in [0.05, 0.1) is 5.69 Å². The molecule has 1 aromatic carbocycles. The monoisotopic (exact) mass is 334 g/mol. The van der Waals surface area contributed by atoms with Gasteiger partial charge in [-0.15, -0.1) is 0 Å². The van der Waals surface area contributed by atoms with Crippen molar-refractivity contribution < 1.29 is 23.6 Å².